The van der Waals surface area contributed by atoms with Crippen LogP contribution in [0.4, 0.5) is 59.7 Å². The summed E-state index contributed by atoms with van der Waals surface area (Å²) in [5.41, 5.74) is -12.9. The van der Waals surface area contributed by atoms with Crippen LogP contribution in [0.15, 0.2) is 43.0 Å². The smallest absolute Gasteiger partial charge is 0.369 e. The summed E-state index contributed by atoms with van der Waals surface area (Å²) in [6, 6.07) is 2.50. The molecule has 0 unspecified atom stereocenters. The summed E-state index contributed by atoms with van der Waals surface area (Å²) in [6.07, 6.45) is -17.6. The summed E-state index contributed by atoms with van der Waals surface area (Å²) in [5, 5.41) is 1.67. The number of likely N-dealkylation sites (N-methyl/N-ethyl adjacent to an activating group) is 1. The zero-order valence-electron chi connectivity index (χ0n) is 17.8. The molecule has 0 bridgehead atoms. The fraction of sp³-hybridized carbons (Fsp3) is 0.286. The van der Waals surface area contributed by atoms with Crippen molar-refractivity contribution >= 4 is 39.9 Å². The Morgan fingerprint density at radius 3 is 2.06 bits per heavy atom. The third kappa shape index (κ3) is 5.54. The van der Waals surface area contributed by atoms with Crippen molar-refractivity contribution < 1.29 is 53.1 Å². The van der Waals surface area contributed by atoms with Gasteiger partial charge in [0.2, 0.25) is 0 Å². The minimum atomic E-state index is -6.66. The largest absolute Gasteiger partial charge is 0.435 e. The third-order valence-corrected chi connectivity index (χ3v) is 5.70. The predicted octanol–water partition coefficient (Wildman–Crippen LogP) is 7.61. The van der Waals surface area contributed by atoms with Crippen molar-refractivity contribution in [1.29, 1.82) is 0 Å². The summed E-state index contributed by atoms with van der Waals surface area (Å²) in [4.78, 5) is 13.9. The standard InChI is InChI=1S/C21H14F11IN2O/c1-3-7-35(2)14-6-4-5-11(15(14)22)17(36)34-16-12(19(24,25)26)8-10(9-13(16)33)18(23,20(27,28)29)21(30,31)32/h3-6,8-9H,1,7H2,2H3,(H,34,36). The van der Waals surface area contributed by atoms with Gasteiger partial charge in [-0.05, 0) is 46.9 Å². The maximum Gasteiger partial charge on any atom is 0.435 e. The molecule has 3 nitrogen and oxygen atoms in total. The molecule has 1 amide bonds. The Kier molecular flexibility index (Phi) is 8.27. The highest BCUT2D eigenvalue weighted by molar-refractivity contribution is 14.1. The normalized spacial score (nSPS) is 12.9. The zero-order valence-corrected chi connectivity index (χ0v) is 19.9. The number of carbonyl (C=O) groups is 1. The molecule has 2 aromatic carbocycles. The van der Waals surface area contributed by atoms with Gasteiger partial charge in [-0.2, -0.15) is 39.5 Å². The van der Waals surface area contributed by atoms with Crippen LogP contribution >= 0.6 is 22.6 Å². The molecule has 0 aliphatic carbocycles. The van der Waals surface area contributed by atoms with Gasteiger partial charge in [0.15, 0.2) is 5.82 Å². The van der Waals surface area contributed by atoms with Gasteiger partial charge in [-0.25, -0.2) is 8.78 Å². The molecule has 0 aromatic heterocycles. The summed E-state index contributed by atoms with van der Waals surface area (Å²) in [5.74, 6) is -2.66. The summed E-state index contributed by atoms with van der Waals surface area (Å²) in [6.45, 7) is 3.56. The highest BCUT2D eigenvalue weighted by atomic mass is 127. The minimum Gasteiger partial charge on any atom is -0.369 e. The van der Waals surface area contributed by atoms with Crippen LogP contribution in [0.25, 0.3) is 0 Å². The van der Waals surface area contributed by atoms with Gasteiger partial charge in [-0.3, -0.25) is 4.79 Å². The fourth-order valence-electron chi connectivity index (χ4n) is 3.11. The van der Waals surface area contributed by atoms with Crippen LogP contribution in [-0.2, 0) is 11.8 Å². The molecule has 0 atom stereocenters. The third-order valence-electron chi connectivity index (χ3n) is 4.85. The monoisotopic (exact) mass is 646 g/mol. The first kappa shape index (κ1) is 29.6. The summed E-state index contributed by atoms with van der Waals surface area (Å²) < 4.78 is 148. The number of hydrogen-bond acceptors (Lipinski definition) is 2. The summed E-state index contributed by atoms with van der Waals surface area (Å²) in [7, 11) is 1.41. The van der Waals surface area contributed by atoms with Crippen molar-refractivity contribution in [2.45, 2.75) is 24.2 Å². The first-order valence-corrected chi connectivity index (χ1v) is 10.5. The van der Waals surface area contributed by atoms with E-state index in [-0.39, 0.29) is 18.3 Å². The molecule has 0 aliphatic rings. The van der Waals surface area contributed by atoms with E-state index in [0.717, 1.165) is 28.7 Å². The molecule has 198 valence electrons. The average Bonchev–Trinajstić information content (AvgIpc) is 2.72. The molecular weight excluding hydrogens is 632 g/mol. The quantitative estimate of drug-likeness (QED) is 0.199. The fourth-order valence-corrected chi connectivity index (χ4v) is 3.87. The van der Waals surface area contributed by atoms with E-state index in [9.17, 15) is 53.1 Å². The van der Waals surface area contributed by atoms with E-state index in [1.54, 1.807) is 5.32 Å². The van der Waals surface area contributed by atoms with Crippen molar-refractivity contribution in [3.05, 3.63) is 69.1 Å². The maximum atomic E-state index is 14.9. The molecule has 0 saturated carbocycles. The molecule has 0 saturated heterocycles. The number of nitrogens with zero attached hydrogens (tertiary/aromatic N) is 1. The molecule has 0 fully saturated rings. The van der Waals surface area contributed by atoms with Gasteiger partial charge < -0.3 is 10.2 Å². The first-order valence-electron chi connectivity index (χ1n) is 9.42. The molecule has 2 rings (SSSR count). The van der Waals surface area contributed by atoms with E-state index in [0.29, 0.717) is 0 Å². The lowest BCUT2D eigenvalue weighted by atomic mass is 9.92. The Labute approximate surface area is 210 Å². The van der Waals surface area contributed by atoms with Crippen molar-refractivity contribution in [3.8, 4) is 0 Å². The van der Waals surface area contributed by atoms with E-state index >= 15 is 0 Å². The van der Waals surface area contributed by atoms with E-state index in [2.05, 4.69) is 6.58 Å². The van der Waals surface area contributed by atoms with Crippen LogP contribution in [-0.4, -0.2) is 31.9 Å². The van der Waals surface area contributed by atoms with Crippen LogP contribution in [0, 0.1) is 9.39 Å². The molecule has 0 aliphatic heterocycles. The second kappa shape index (κ2) is 10.0. The Balaban J connectivity index is 2.68. The van der Waals surface area contributed by atoms with Crippen molar-refractivity contribution in [2.75, 3.05) is 23.8 Å². The number of halogens is 12. The van der Waals surface area contributed by atoms with Gasteiger partial charge in [0.05, 0.1) is 22.5 Å². The highest BCUT2D eigenvalue weighted by Gasteiger charge is 2.73. The second-order valence-corrected chi connectivity index (χ2v) is 8.46. The average molecular weight is 646 g/mol. The Morgan fingerprint density at radius 2 is 1.58 bits per heavy atom. The van der Waals surface area contributed by atoms with Gasteiger partial charge in [0, 0.05) is 22.7 Å². The van der Waals surface area contributed by atoms with Crippen molar-refractivity contribution in [1.82, 2.24) is 0 Å². The van der Waals surface area contributed by atoms with Gasteiger partial charge in [0.25, 0.3) is 5.91 Å². The van der Waals surface area contributed by atoms with Gasteiger partial charge in [0.1, 0.15) is 0 Å². The molecule has 15 heteroatoms. The molecule has 36 heavy (non-hydrogen) atoms. The number of carbonyl (C=O) groups excluding carboxylic acids is 1. The number of anilines is 2. The van der Waals surface area contributed by atoms with Gasteiger partial charge >= 0.3 is 24.2 Å². The van der Waals surface area contributed by atoms with Gasteiger partial charge in [-0.15, -0.1) is 6.58 Å². The van der Waals surface area contributed by atoms with Gasteiger partial charge in [-0.1, -0.05) is 12.1 Å². The lowest BCUT2D eigenvalue weighted by Gasteiger charge is -2.31. The van der Waals surface area contributed by atoms with Crippen LogP contribution in [0.3, 0.4) is 0 Å². The Bertz CT molecular complexity index is 1140. The van der Waals surface area contributed by atoms with Crippen molar-refractivity contribution in [3.63, 3.8) is 0 Å². The van der Waals surface area contributed by atoms with E-state index in [1.807, 2.05) is 0 Å². The zero-order chi connectivity index (χ0) is 27.9. The molecular formula is C21H14F11IN2O. The first-order chi connectivity index (χ1) is 16.3. The van der Waals surface area contributed by atoms with Crippen LogP contribution < -0.4 is 10.2 Å². The Morgan fingerprint density at radius 1 is 1.03 bits per heavy atom. The second-order valence-electron chi connectivity index (χ2n) is 7.29. The van der Waals surface area contributed by atoms with E-state index in [1.165, 1.54) is 30.2 Å². The topological polar surface area (TPSA) is 32.3 Å². The van der Waals surface area contributed by atoms with Crippen LogP contribution in [0.1, 0.15) is 21.5 Å². The SMILES string of the molecule is C=CCN(C)c1cccc(C(=O)Nc2c(I)cc(C(F)(C(F)(F)F)C(F)(F)F)cc2C(F)(F)F)c1F. The molecule has 0 spiro atoms. The number of alkyl halides is 10. The van der Waals surface area contributed by atoms with E-state index < -0.39 is 67.9 Å². The predicted molar refractivity (Wildman–Crippen MR) is 117 cm³/mol. The lowest BCUT2D eigenvalue weighted by molar-refractivity contribution is -0.348. The number of nitrogens with one attached hydrogen (secondary N) is 1. The molecule has 0 radical (unpaired) electrons. The lowest BCUT2D eigenvalue weighted by Crippen LogP contribution is -2.50. The minimum absolute atomic E-state index is 0.114. The maximum absolute atomic E-state index is 14.9. The molecule has 2 aromatic rings. The highest BCUT2D eigenvalue weighted by Crippen LogP contribution is 2.54. The summed E-state index contributed by atoms with van der Waals surface area (Å²) >= 11 is 0.909. The number of benzene rings is 2. The Hall–Kier alpha value is -2.59. The number of amides is 1. The number of hydrogen-bond donors (Lipinski definition) is 1. The number of rotatable bonds is 6. The molecule has 1 N–H and O–H groups in total. The van der Waals surface area contributed by atoms with Crippen LogP contribution in [0.2, 0.25) is 0 Å². The van der Waals surface area contributed by atoms with Crippen molar-refractivity contribution in [2.24, 2.45) is 0 Å². The van der Waals surface area contributed by atoms with Crippen LogP contribution in [0.5, 0.6) is 0 Å². The van der Waals surface area contributed by atoms with E-state index in [4.69, 9.17) is 0 Å². The molecule has 0 heterocycles.